The molecule has 0 bridgehead atoms. The molecular formula is C24H25N3O3S. The van der Waals surface area contributed by atoms with Crippen LogP contribution in [0.25, 0.3) is 6.08 Å². The SMILES string of the molecule is CC(=O)Nc1cccc(C(C)NC(=O)/C=C/c2cccc(OCc3csc(C)n3)c2)c1. The van der Waals surface area contributed by atoms with Gasteiger partial charge in [0, 0.05) is 24.1 Å². The summed E-state index contributed by atoms with van der Waals surface area (Å²) in [5, 5.41) is 8.67. The minimum atomic E-state index is -0.207. The first-order chi connectivity index (χ1) is 14.9. The smallest absolute Gasteiger partial charge is 0.244 e. The fourth-order valence-electron chi connectivity index (χ4n) is 2.95. The number of hydrogen-bond acceptors (Lipinski definition) is 5. The molecule has 1 heterocycles. The van der Waals surface area contributed by atoms with Crippen LogP contribution in [0.3, 0.4) is 0 Å². The second-order valence-corrected chi connectivity index (χ2v) is 8.15. The molecule has 3 aromatic rings. The van der Waals surface area contributed by atoms with Gasteiger partial charge in [-0.05, 0) is 55.3 Å². The van der Waals surface area contributed by atoms with Crippen LogP contribution in [0.5, 0.6) is 5.75 Å². The third-order valence-electron chi connectivity index (χ3n) is 4.40. The molecule has 6 nitrogen and oxygen atoms in total. The maximum atomic E-state index is 12.4. The Bertz CT molecular complexity index is 1090. The Balaban J connectivity index is 1.56. The van der Waals surface area contributed by atoms with Gasteiger partial charge in [0.15, 0.2) is 0 Å². The lowest BCUT2D eigenvalue weighted by Crippen LogP contribution is -2.24. The lowest BCUT2D eigenvalue weighted by atomic mass is 10.1. The molecule has 0 aliphatic rings. The van der Waals surface area contributed by atoms with Crippen molar-refractivity contribution in [1.29, 1.82) is 0 Å². The van der Waals surface area contributed by atoms with Crippen molar-refractivity contribution in [3.05, 3.63) is 81.8 Å². The van der Waals surface area contributed by atoms with E-state index >= 15 is 0 Å². The van der Waals surface area contributed by atoms with E-state index in [0.717, 1.165) is 27.6 Å². The second-order valence-electron chi connectivity index (χ2n) is 7.09. The lowest BCUT2D eigenvalue weighted by molar-refractivity contribution is -0.117. The second kappa shape index (κ2) is 10.5. The number of nitrogens with one attached hydrogen (secondary N) is 2. The number of amides is 2. The summed E-state index contributed by atoms with van der Waals surface area (Å²) in [6.07, 6.45) is 3.24. The first-order valence-electron chi connectivity index (χ1n) is 9.89. The highest BCUT2D eigenvalue weighted by atomic mass is 32.1. The molecule has 0 spiro atoms. The van der Waals surface area contributed by atoms with Crippen LogP contribution in [0, 0.1) is 6.92 Å². The number of carbonyl (C=O) groups excluding carboxylic acids is 2. The normalized spacial score (nSPS) is 11.8. The molecular weight excluding hydrogens is 410 g/mol. The van der Waals surface area contributed by atoms with Gasteiger partial charge in [0.05, 0.1) is 16.7 Å². The third-order valence-corrected chi connectivity index (χ3v) is 5.23. The summed E-state index contributed by atoms with van der Waals surface area (Å²) in [6, 6.07) is 14.7. The molecule has 2 amide bonds. The molecule has 2 N–H and O–H groups in total. The zero-order valence-electron chi connectivity index (χ0n) is 17.7. The number of carbonyl (C=O) groups is 2. The van der Waals surface area contributed by atoms with Gasteiger partial charge in [-0.1, -0.05) is 24.3 Å². The molecule has 1 aromatic heterocycles. The van der Waals surface area contributed by atoms with Crippen molar-refractivity contribution in [3.8, 4) is 5.75 Å². The van der Waals surface area contributed by atoms with Crippen LogP contribution < -0.4 is 15.4 Å². The summed E-state index contributed by atoms with van der Waals surface area (Å²) < 4.78 is 5.79. The highest BCUT2D eigenvalue weighted by Gasteiger charge is 2.09. The zero-order valence-corrected chi connectivity index (χ0v) is 18.5. The summed E-state index contributed by atoms with van der Waals surface area (Å²) in [5.74, 6) is 0.378. The fraction of sp³-hybridized carbons (Fsp3) is 0.208. The largest absolute Gasteiger partial charge is 0.487 e. The Labute approximate surface area is 186 Å². The van der Waals surface area contributed by atoms with Gasteiger partial charge in [-0.2, -0.15) is 0 Å². The van der Waals surface area contributed by atoms with E-state index in [0.29, 0.717) is 12.3 Å². The maximum Gasteiger partial charge on any atom is 0.244 e. The van der Waals surface area contributed by atoms with E-state index in [1.165, 1.54) is 13.0 Å². The number of thiazole rings is 1. The number of nitrogens with zero attached hydrogens (tertiary/aromatic N) is 1. The number of rotatable bonds is 8. The zero-order chi connectivity index (χ0) is 22.2. The Morgan fingerprint density at radius 1 is 1.19 bits per heavy atom. The Kier molecular flexibility index (Phi) is 7.56. The van der Waals surface area contributed by atoms with Crippen LogP contribution in [-0.2, 0) is 16.2 Å². The lowest BCUT2D eigenvalue weighted by Gasteiger charge is -2.14. The van der Waals surface area contributed by atoms with E-state index in [-0.39, 0.29) is 17.9 Å². The van der Waals surface area contributed by atoms with Gasteiger partial charge in [0.1, 0.15) is 12.4 Å². The molecule has 0 radical (unpaired) electrons. The molecule has 0 fully saturated rings. The molecule has 1 atom stereocenters. The van der Waals surface area contributed by atoms with E-state index in [1.807, 2.05) is 67.8 Å². The number of aryl methyl sites for hydroxylation is 1. The quantitative estimate of drug-likeness (QED) is 0.494. The summed E-state index contributed by atoms with van der Waals surface area (Å²) >= 11 is 1.60. The van der Waals surface area contributed by atoms with Crippen LogP contribution in [-0.4, -0.2) is 16.8 Å². The minimum absolute atomic E-state index is 0.135. The monoisotopic (exact) mass is 435 g/mol. The molecule has 0 saturated heterocycles. The van der Waals surface area contributed by atoms with Crippen molar-refractivity contribution in [2.24, 2.45) is 0 Å². The van der Waals surface area contributed by atoms with E-state index < -0.39 is 0 Å². The predicted octanol–water partition coefficient (Wildman–Crippen LogP) is 4.88. The number of hydrogen-bond donors (Lipinski definition) is 2. The van der Waals surface area contributed by atoms with Gasteiger partial charge in [0.25, 0.3) is 0 Å². The number of aromatic nitrogens is 1. The molecule has 2 aromatic carbocycles. The molecule has 7 heteroatoms. The van der Waals surface area contributed by atoms with Crippen LogP contribution >= 0.6 is 11.3 Å². The van der Waals surface area contributed by atoms with Gasteiger partial charge < -0.3 is 15.4 Å². The molecule has 0 saturated carbocycles. The summed E-state index contributed by atoms with van der Waals surface area (Å²) in [4.78, 5) is 28.0. The van der Waals surface area contributed by atoms with Crippen LogP contribution in [0.1, 0.15) is 41.7 Å². The van der Waals surface area contributed by atoms with Gasteiger partial charge in [-0.15, -0.1) is 11.3 Å². The van der Waals surface area contributed by atoms with Gasteiger partial charge >= 0.3 is 0 Å². The van der Waals surface area contributed by atoms with Crippen molar-refractivity contribution in [3.63, 3.8) is 0 Å². The van der Waals surface area contributed by atoms with Gasteiger partial charge in [-0.3, -0.25) is 9.59 Å². The van der Waals surface area contributed by atoms with Crippen LogP contribution in [0.2, 0.25) is 0 Å². The van der Waals surface area contributed by atoms with E-state index in [9.17, 15) is 9.59 Å². The first kappa shape index (κ1) is 22.2. The highest BCUT2D eigenvalue weighted by Crippen LogP contribution is 2.19. The highest BCUT2D eigenvalue weighted by molar-refractivity contribution is 7.09. The Hall–Kier alpha value is -3.45. The van der Waals surface area contributed by atoms with Crippen molar-refractivity contribution >= 4 is 34.9 Å². The standard InChI is InChI=1S/C24H25N3O3S/c1-16(20-7-5-8-21(13-20)26-17(2)28)25-24(29)11-10-19-6-4-9-23(12-19)30-14-22-15-31-18(3)27-22/h4-13,15-16H,14H2,1-3H3,(H,25,29)(H,26,28)/b11-10+. The summed E-state index contributed by atoms with van der Waals surface area (Å²) in [6.45, 7) is 5.73. The van der Waals surface area contributed by atoms with E-state index in [4.69, 9.17) is 4.74 Å². The fourth-order valence-corrected chi connectivity index (χ4v) is 3.54. The van der Waals surface area contributed by atoms with Crippen molar-refractivity contribution in [2.45, 2.75) is 33.4 Å². The predicted molar refractivity (Wildman–Crippen MR) is 124 cm³/mol. The van der Waals surface area contributed by atoms with Crippen LogP contribution in [0.4, 0.5) is 5.69 Å². The van der Waals surface area contributed by atoms with Crippen molar-refractivity contribution in [1.82, 2.24) is 10.3 Å². The molecule has 1 unspecified atom stereocenters. The van der Waals surface area contributed by atoms with Crippen molar-refractivity contribution < 1.29 is 14.3 Å². The third kappa shape index (κ3) is 7.08. The molecule has 31 heavy (non-hydrogen) atoms. The first-order valence-corrected chi connectivity index (χ1v) is 10.8. The Morgan fingerprint density at radius 2 is 2.00 bits per heavy atom. The average Bonchev–Trinajstić information content (AvgIpc) is 3.16. The summed E-state index contributed by atoms with van der Waals surface area (Å²) in [7, 11) is 0. The van der Waals surface area contributed by atoms with Gasteiger partial charge in [-0.25, -0.2) is 4.98 Å². The summed E-state index contributed by atoms with van der Waals surface area (Å²) in [5.41, 5.74) is 3.37. The van der Waals surface area contributed by atoms with Crippen molar-refractivity contribution in [2.75, 3.05) is 5.32 Å². The topological polar surface area (TPSA) is 80.3 Å². The number of benzene rings is 2. The molecule has 0 aliphatic heterocycles. The van der Waals surface area contributed by atoms with Crippen LogP contribution in [0.15, 0.2) is 60.0 Å². The maximum absolute atomic E-state index is 12.4. The van der Waals surface area contributed by atoms with Gasteiger partial charge in [0.2, 0.25) is 11.8 Å². The van der Waals surface area contributed by atoms with E-state index in [2.05, 4.69) is 15.6 Å². The number of ether oxygens (including phenoxy) is 1. The Morgan fingerprint density at radius 3 is 2.74 bits per heavy atom. The van der Waals surface area contributed by atoms with E-state index in [1.54, 1.807) is 17.4 Å². The molecule has 3 rings (SSSR count). The minimum Gasteiger partial charge on any atom is -0.487 e. The average molecular weight is 436 g/mol. The molecule has 0 aliphatic carbocycles. The number of anilines is 1. The molecule has 160 valence electrons.